The zero-order valence-corrected chi connectivity index (χ0v) is 12.8. The summed E-state index contributed by atoms with van der Waals surface area (Å²) in [5, 5.41) is 0. The Labute approximate surface area is 124 Å². The van der Waals surface area contributed by atoms with Crippen LogP contribution >= 0.6 is 15.9 Å². The van der Waals surface area contributed by atoms with Crippen molar-refractivity contribution in [2.75, 3.05) is 6.61 Å². The van der Waals surface area contributed by atoms with Gasteiger partial charge in [0.1, 0.15) is 6.61 Å². The van der Waals surface area contributed by atoms with Gasteiger partial charge in [-0.2, -0.15) is 0 Å². The normalized spacial score (nSPS) is 25.0. The summed E-state index contributed by atoms with van der Waals surface area (Å²) in [7, 11) is 0. The highest BCUT2D eigenvalue weighted by Gasteiger charge is 2.41. The number of hydrogen-bond donors (Lipinski definition) is 0. The Morgan fingerprint density at radius 3 is 2.25 bits per heavy atom. The van der Waals surface area contributed by atoms with Crippen molar-refractivity contribution in [3.8, 4) is 0 Å². The summed E-state index contributed by atoms with van der Waals surface area (Å²) >= 11 is 3.18. The molecule has 3 atom stereocenters. The summed E-state index contributed by atoms with van der Waals surface area (Å²) in [6.07, 6.45) is -1.18. The van der Waals surface area contributed by atoms with Crippen LogP contribution in [-0.2, 0) is 33.3 Å². The molecule has 0 aromatic rings. The van der Waals surface area contributed by atoms with E-state index in [2.05, 4.69) is 15.9 Å². The van der Waals surface area contributed by atoms with Crippen molar-refractivity contribution in [1.82, 2.24) is 0 Å². The van der Waals surface area contributed by atoms with Gasteiger partial charge in [-0.3, -0.25) is 14.4 Å². The Morgan fingerprint density at radius 2 is 1.75 bits per heavy atom. The molecule has 0 N–H and O–H groups in total. The van der Waals surface area contributed by atoms with Crippen molar-refractivity contribution < 1.29 is 33.3 Å². The van der Waals surface area contributed by atoms with E-state index in [0.29, 0.717) is 4.48 Å². The molecule has 0 saturated carbocycles. The predicted octanol–water partition coefficient (Wildman–Crippen LogP) is 1.05. The topological polar surface area (TPSA) is 88.1 Å². The molecule has 8 heteroatoms. The van der Waals surface area contributed by atoms with Crippen LogP contribution in [-0.4, -0.2) is 42.8 Å². The van der Waals surface area contributed by atoms with E-state index in [4.69, 9.17) is 18.9 Å². The lowest BCUT2D eigenvalue weighted by Crippen LogP contribution is -2.48. The maximum Gasteiger partial charge on any atom is 0.303 e. The lowest BCUT2D eigenvalue weighted by Gasteiger charge is -2.34. The van der Waals surface area contributed by atoms with Gasteiger partial charge in [-0.15, -0.1) is 0 Å². The fourth-order valence-corrected chi connectivity index (χ4v) is 2.08. The number of halogens is 1. The SMILES string of the molecule is CC(=O)OC[C@H]1OC=C(Br)[C@@H](OC(C)=O)[C@H]1OC(C)=O. The quantitative estimate of drug-likeness (QED) is 0.553. The molecule has 0 fully saturated rings. The summed E-state index contributed by atoms with van der Waals surface area (Å²) in [5.41, 5.74) is 0. The minimum Gasteiger partial charge on any atom is -0.489 e. The van der Waals surface area contributed by atoms with E-state index in [-0.39, 0.29) is 6.61 Å². The molecule has 0 aromatic carbocycles. The van der Waals surface area contributed by atoms with Gasteiger partial charge in [0.25, 0.3) is 0 Å². The van der Waals surface area contributed by atoms with E-state index in [1.165, 1.54) is 27.0 Å². The second-order valence-corrected chi connectivity index (χ2v) is 5.00. The van der Waals surface area contributed by atoms with E-state index in [1.54, 1.807) is 0 Å². The van der Waals surface area contributed by atoms with E-state index in [1.807, 2.05) is 0 Å². The van der Waals surface area contributed by atoms with Gasteiger partial charge in [-0.05, 0) is 15.9 Å². The van der Waals surface area contributed by atoms with Crippen molar-refractivity contribution in [3.05, 3.63) is 10.7 Å². The van der Waals surface area contributed by atoms with Crippen LogP contribution < -0.4 is 0 Å². The smallest absolute Gasteiger partial charge is 0.303 e. The average Bonchev–Trinajstić information content (AvgIpc) is 2.31. The second-order valence-electron chi connectivity index (χ2n) is 4.08. The molecule has 0 saturated heterocycles. The van der Waals surface area contributed by atoms with Crippen molar-refractivity contribution >= 4 is 33.8 Å². The molecule has 0 radical (unpaired) electrons. The van der Waals surface area contributed by atoms with Crippen LogP contribution in [0.4, 0.5) is 0 Å². The molecule has 1 aliphatic rings. The van der Waals surface area contributed by atoms with Gasteiger partial charge >= 0.3 is 17.9 Å². The van der Waals surface area contributed by atoms with Gasteiger partial charge in [0.15, 0.2) is 18.3 Å². The zero-order chi connectivity index (χ0) is 15.3. The molecule has 20 heavy (non-hydrogen) atoms. The summed E-state index contributed by atoms with van der Waals surface area (Å²) in [5.74, 6) is -1.59. The summed E-state index contributed by atoms with van der Waals surface area (Å²) in [6.45, 7) is 3.59. The molecular weight excluding hydrogens is 336 g/mol. The van der Waals surface area contributed by atoms with Crippen LogP contribution in [0.15, 0.2) is 10.7 Å². The molecule has 0 spiro atoms. The molecule has 1 rings (SSSR count). The Balaban J connectivity index is 2.90. The first-order chi connectivity index (χ1) is 9.31. The molecule has 0 amide bonds. The number of hydrogen-bond acceptors (Lipinski definition) is 7. The van der Waals surface area contributed by atoms with Crippen LogP contribution in [0.2, 0.25) is 0 Å². The van der Waals surface area contributed by atoms with Crippen molar-refractivity contribution in [2.24, 2.45) is 0 Å². The Morgan fingerprint density at radius 1 is 1.15 bits per heavy atom. The highest BCUT2D eigenvalue weighted by atomic mass is 79.9. The molecule has 0 aromatic heterocycles. The first-order valence-electron chi connectivity index (χ1n) is 5.80. The van der Waals surface area contributed by atoms with Gasteiger partial charge in [0.05, 0.1) is 10.7 Å². The lowest BCUT2D eigenvalue weighted by molar-refractivity contribution is -0.179. The van der Waals surface area contributed by atoms with E-state index in [0.717, 1.165) is 0 Å². The van der Waals surface area contributed by atoms with Crippen molar-refractivity contribution in [2.45, 2.75) is 39.1 Å². The third kappa shape index (κ3) is 4.84. The molecule has 0 bridgehead atoms. The lowest BCUT2D eigenvalue weighted by atomic mass is 10.1. The number of carbonyl (C=O) groups is 3. The standard InChI is InChI=1S/C12H15BrO7/c1-6(14)17-5-10-12(20-8(3)16)11(19-7(2)15)9(13)4-18-10/h4,10-12H,5H2,1-3H3/t10-,11-,12+/m1/s1. The van der Waals surface area contributed by atoms with Gasteiger partial charge in [0.2, 0.25) is 0 Å². The Bertz CT molecular complexity index is 432. The van der Waals surface area contributed by atoms with Crippen LogP contribution in [0.25, 0.3) is 0 Å². The van der Waals surface area contributed by atoms with Gasteiger partial charge < -0.3 is 18.9 Å². The van der Waals surface area contributed by atoms with Crippen LogP contribution in [0.3, 0.4) is 0 Å². The molecule has 1 heterocycles. The largest absolute Gasteiger partial charge is 0.489 e. The number of carbonyl (C=O) groups excluding carboxylic acids is 3. The minimum atomic E-state index is -0.907. The predicted molar refractivity (Wildman–Crippen MR) is 69.6 cm³/mol. The summed E-state index contributed by atoms with van der Waals surface area (Å²) in [4.78, 5) is 33.1. The summed E-state index contributed by atoms with van der Waals surface area (Å²) < 4.78 is 20.8. The Hall–Kier alpha value is -1.57. The number of ether oxygens (including phenoxy) is 4. The van der Waals surface area contributed by atoms with Crippen LogP contribution in [0, 0.1) is 0 Å². The van der Waals surface area contributed by atoms with Crippen molar-refractivity contribution in [3.63, 3.8) is 0 Å². The fourth-order valence-electron chi connectivity index (χ4n) is 1.61. The maximum absolute atomic E-state index is 11.2. The molecule has 7 nitrogen and oxygen atoms in total. The fraction of sp³-hybridized carbons (Fsp3) is 0.583. The van der Waals surface area contributed by atoms with E-state index < -0.39 is 36.2 Å². The third-order valence-corrected chi connectivity index (χ3v) is 2.98. The zero-order valence-electron chi connectivity index (χ0n) is 11.3. The molecular formula is C12H15BrO7. The van der Waals surface area contributed by atoms with E-state index >= 15 is 0 Å². The first-order valence-corrected chi connectivity index (χ1v) is 6.59. The average molecular weight is 351 g/mol. The molecule has 1 aliphatic heterocycles. The number of rotatable bonds is 4. The number of esters is 3. The third-order valence-electron chi connectivity index (χ3n) is 2.34. The van der Waals surface area contributed by atoms with Gasteiger partial charge in [-0.25, -0.2) is 0 Å². The van der Waals surface area contributed by atoms with Crippen molar-refractivity contribution in [1.29, 1.82) is 0 Å². The monoisotopic (exact) mass is 350 g/mol. The molecule has 0 aliphatic carbocycles. The van der Waals surface area contributed by atoms with E-state index in [9.17, 15) is 14.4 Å². The maximum atomic E-state index is 11.2. The Kier molecular flexibility index (Phi) is 6.00. The summed E-state index contributed by atoms with van der Waals surface area (Å²) in [6, 6.07) is 0. The van der Waals surface area contributed by atoms with Crippen LogP contribution in [0.1, 0.15) is 20.8 Å². The van der Waals surface area contributed by atoms with Gasteiger partial charge in [0, 0.05) is 20.8 Å². The second kappa shape index (κ2) is 7.28. The molecule has 112 valence electrons. The highest BCUT2D eigenvalue weighted by Crippen LogP contribution is 2.28. The highest BCUT2D eigenvalue weighted by molar-refractivity contribution is 9.11. The minimum absolute atomic E-state index is 0.123. The molecule has 0 unspecified atom stereocenters. The van der Waals surface area contributed by atoms with Gasteiger partial charge in [-0.1, -0.05) is 0 Å². The van der Waals surface area contributed by atoms with Crippen LogP contribution in [0.5, 0.6) is 0 Å². The first kappa shape index (κ1) is 16.5.